The van der Waals surface area contributed by atoms with Gasteiger partial charge in [0.2, 0.25) is 0 Å². The van der Waals surface area contributed by atoms with E-state index in [1.165, 1.54) is 10.6 Å². The Kier molecular flexibility index (Phi) is 4.25. The molecule has 0 saturated heterocycles. The second-order valence-corrected chi connectivity index (χ2v) is 3.92. The van der Waals surface area contributed by atoms with Gasteiger partial charge in [0, 0.05) is 31.4 Å². The normalized spacial score (nSPS) is 12.2. The number of carbonyl (C=O) groups is 1. The first-order chi connectivity index (χ1) is 7.54. The molecule has 88 valence electrons. The lowest BCUT2D eigenvalue weighted by Gasteiger charge is -2.10. The van der Waals surface area contributed by atoms with Crippen LogP contribution in [-0.2, 0) is 7.05 Å². The number of amides is 1. The van der Waals surface area contributed by atoms with Crippen LogP contribution >= 0.6 is 0 Å². The van der Waals surface area contributed by atoms with Crippen molar-refractivity contribution in [3.05, 3.63) is 34.2 Å². The monoisotopic (exact) mass is 223 g/mol. The topological polar surface area (TPSA) is 77.1 Å². The van der Waals surface area contributed by atoms with E-state index in [0.717, 1.165) is 0 Å². The van der Waals surface area contributed by atoms with Crippen LogP contribution in [0.25, 0.3) is 0 Å². The number of nitrogens with zero attached hydrogens (tertiary/aromatic N) is 1. The molecule has 5 nitrogen and oxygen atoms in total. The van der Waals surface area contributed by atoms with Crippen molar-refractivity contribution in [2.24, 2.45) is 18.7 Å². The van der Waals surface area contributed by atoms with Crippen molar-refractivity contribution in [2.75, 3.05) is 13.1 Å². The van der Waals surface area contributed by atoms with Crippen LogP contribution in [0.5, 0.6) is 0 Å². The zero-order chi connectivity index (χ0) is 12.1. The number of rotatable bonds is 4. The fourth-order valence-electron chi connectivity index (χ4n) is 1.14. The summed E-state index contributed by atoms with van der Waals surface area (Å²) in [6, 6.07) is 2.94. The average Bonchev–Trinajstić information content (AvgIpc) is 2.29. The standard InChI is InChI=1S/C11H17N3O2/c1-8(6-12)7-13-11(16)9-3-4-14(2)10(15)5-9/h3-5,8H,6-7,12H2,1-2H3,(H,13,16). The van der Waals surface area contributed by atoms with Crippen LogP contribution in [0.4, 0.5) is 0 Å². The summed E-state index contributed by atoms with van der Waals surface area (Å²) < 4.78 is 1.42. The van der Waals surface area contributed by atoms with Crippen molar-refractivity contribution in [1.82, 2.24) is 9.88 Å². The number of pyridine rings is 1. The molecule has 0 spiro atoms. The van der Waals surface area contributed by atoms with Crippen LogP contribution in [0.1, 0.15) is 17.3 Å². The highest BCUT2D eigenvalue weighted by molar-refractivity contribution is 5.93. The molecule has 1 aromatic rings. The molecule has 16 heavy (non-hydrogen) atoms. The van der Waals surface area contributed by atoms with Gasteiger partial charge in [0.05, 0.1) is 0 Å². The van der Waals surface area contributed by atoms with E-state index in [4.69, 9.17) is 5.73 Å². The molecule has 0 aliphatic carbocycles. The zero-order valence-electron chi connectivity index (χ0n) is 9.56. The van der Waals surface area contributed by atoms with Gasteiger partial charge in [0.1, 0.15) is 0 Å². The summed E-state index contributed by atoms with van der Waals surface area (Å²) in [5.74, 6) is -0.00602. The quantitative estimate of drug-likeness (QED) is 0.736. The summed E-state index contributed by atoms with van der Waals surface area (Å²) in [4.78, 5) is 22.9. The van der Waals surface area contributed by atoms with E-state index in [1.807, 2.05) is 6.92 Å². The molecule has 3 N–H and O–H groups in total. The first-order valence-electron chi connectivity index (χ1n) is 5.19. The van der Waals surface area contributed by atoms with Gasteiger partial charge in [-0.05, 0) is 18.5 Å². The van der Waals surface area contributed by atoms with Gasteiger partial charge in [-0.1, -0.05) is 6.92 Å². The Hall–Kier alpha value is -1.62. The van der Waals surface area contributed by atoms with Crippen molar-refractivity contribution >= 4 is 5.91 Å². The van der Waals surface area contributed by atoms with E-state index in [2.05, 4.69) is 5.32 Å². The Bertz CT molecular complexity index is 425. The first kappa shape index (κ1) is 12.4. The predicted octanol–water partition coefficient (Wildman–Crippen LogP) is -0.290. The number of carbonyl (C=O) groups excluding carboxylic acids is 1. The van der Waals surface area contributed by atoms with Gasteiger partial charge in [0.15, 0.2) is 0 Å². The maximum absolute atomic E-state index is 11.6. The fourth-order valence-corrected chi connectivity index (χ4v) is 1.14. The molecule has 0 aliphatic heterocycles. The Morgan fingerprint density at radius 3 is 2.88 bits per heavy atom. The number of hydrogen-bond donors (Lipinski definition) is 2. The maximum Gasteiger partial charge on any atom is 0.251 e. The maximum atomic E-state index is 11.6. The fraction of sp³-hybridized carbons (Fsp3) is 0.455. The van der Waals surface area contributed by atoms with Gasteiger partial charge in [-0.2, -0.15) is 0 Å². The minimum atomic E-state index is -0.238. The average molecular weight is 223 g/mol. The Balaban J connectivity index is 2.67. The van der Waals surface area contributed by atoms with Gasteiger partial charge >= 0.3 is 0 Å². The molecule has 5 heteroatoms. The van der Waals surface area contributed by atoms with Crippen LogP contribution in [0, 0.1) is 5.92 Å². The zero-order valence-corrected chi connectivity index (χ0v) is 9.56. The van der Waals surface area contributed by atoms with E-state index < -0.39 is 0 Å². The lowest BCUT2D eigenvalue weighted by atomic mass is 10.2. The van der Waals surface area contributed by atoms with Crippen LogP contribution in [0.15, 0.2) is 23.1 Å². The van der Waals surface area contributed by atoms with Crippen LogP contribution in [-0.4, -0.2) is 23.6 Å². The third kappa shape index (κ3) is 3.20. The van der Waals surface area contributed by atoms with Gasteiger partial charge in [-0.25, -0.2) is 0 Å². The highest BCUT2D eigenvalue weighted by atomic mass is 16.2. The Morgan fingerprint density at radius 1 is 1.62 bits per heavy atom. The molecule has 0 fully saturated rings. The largest absolute Gasteiger partial charge is 0.352 e. The van der Waals surface area contributed by atoms with E-state index >= 15 is 0 Å². The summed E-state index contributed by atoms with van der Waals surface area (Å²) in [5.41, 5.74) is 5.62. The molecule has 1 aromatic heterocycles. The van der Waals surface area contributed by atoms with Crippen molar-refractivity contribution in [3.8, 4) is 0 Å². The molecule has 1 heterocycles. The van der Waals surface area contributed by atoms with Gasteiger partial charge in [0.25, 0.3) is 11.5 Å². The smallest absolute Gasteiger partial charge is 0.251 e. The van der Waals surface area contributed by atoms with E-state index in [1.54, 1.807) is 19.3 Å². The molecule has 0 saturated carbocycles. The Labute approximate surface area is 94.3 Å². The minimum Gasteiger partial charge on any atom is -0.352 e. The molecule has 0 radical (unpaired) electrons. The lowest BCUT2D eigenvalue weighted by molar-refractivity contribution is 0.0948. The van der Waals surface area contributed by atoms with Crippen molar-refractivity contribution < 1.29 is 4.79 Å². The molecule has 1 amide bonds. The molecule has 0 aromatic carbocycles. The van der Waals surface area contributed by atoms with E-state index in [9.17, 15) is 9.59 Å². The molecule has 1 unspecified atom stereocenters. The van der Waals surface area contributed by atoms with Crippen LogP contribution in [0.2, 0.25) is 0 Å². The molecular formula is C11H17N3O2. The molecule has 0 aliphatic rings. The summed E-state index contributed by atoms with van der Waals surface area (Å²) in [6.45, 7) is 2.99. The number of nitrogens with two attached hydrogens (primary N) is 1. The van der Waals surface area contributed by atoms with Gasteiger partial charge < -0.3 is 15.6 Å². The second-order valence-electron chi connectivity index (χ2n) is 3.92. The number of hydrogen-bond acceptors (Lipinski definition) is 3. The number of nitrogens with one attached hydrogen (secondary N) is 1. The Morgan fingerprint density at radius 2 is 2.31 bits per heavy atom. The molecule has 0 bridgehead atoms. The SMILES string of the molecule is CC(CN)CNC(=O)c1ccn(C)c(=O)c1. The van der Waals surface area contributed by atoms with E-state index in [0.29, 0.717) is 18.7 Å². The van der Waals surface area contributed by atoms with Crippen molar-refractivity contribution in [1.29, 1.82) is 0 Å². The minimum absolute atomic E-state index is 0.195. The number of aryl methyl sites for hydroxylation is 1. The highest BCUT2D eigenvalue weighted by Crippen LogP contribution is 1.95. The first-order valence-corrected chi connectivity index (χ1v) is 5.19. The van der Waals surface area contributed by atoms with Crippen molar-refractivity contribution in [2.45, 2.75) is 6.92 Å². The number of aromatic nitrogens is 1. The molecular weight excluding hydrogens is 206 g/mol. The third-order valence-corrected chi connectivity index (χ3v) is 2.38. The van der Waals surface area contributed by atoms with Gasteiger partial charge in [-0.15, -0.1) is 0 Å². The summed E-state index contributed by atoms with van der Waals surface area (Å²) in [7, 11) is 1.64. The molecule has 1 atom stereocenters. The molecule has 1 rings (SSSR count). The van der Waals surface area contributed by atoms with Crippen LogP contribution < -0.4 is 16.6 Å². The van der Waals surface area contributed by atoms with Crippen molar-refractivity contribution in [3.63, 3.8) is 0 Å². The summed E-state index contributed by atoms with van der Waals surface area (Å²) in [6.07, 6.45) is 1.57. The highest BCUT2D eigenvalue weighted by Gasteiger charge is 2.07. The summed E-state index contributed by atoms with van der Waals surface area (Å²) in [5, 5.41) is 2.73. The second kappa shape index (κ2) is 5.46. The van der Waals surface area contributed by atoms with Crippen LogP contribution in [0.3, 0.4) is 0 Å². The lowest BCUT2D eigenvalue weighted by Crippen LogP contribution is -2.32. The predicted molar refractivity (Wildman–Crippen MR) is 62.2 cm³/mol. The summed E-state index contributed by atoms with van der Waals surface area (Å²) >= 11 is 0. The third-order valence-electron chi connectivity index (χ3n) is 2.38. The van der Waals surface area contributed by atoms with Gasteiger partial charge in [-0.3, -0.25) is 9.59 Å². The van der Waals surface area contributed by atoms with E-state index in [-0.39, 0.29) is 17.4 Å².